The molecule has 0 atom stereocenters. The molecule has 1 heterocycles. The number of thiophene rings is 1. The van der Waals surface area contributed by atoms with Gasteiger partial charge in [0, 0.05) is 17.0 Å². The number of hydrogen-bond donors (Lipinski definition) is 2. The van der Waals surface area contributed by atoms with Crippen LogP contribution in [0.5, 0.6) is 0 Å². The van der Waals surface area contributed by atoms with Crippen LogP contribution < -0.4 is 5.32 Å². The second-order valence-electron chi connectivity index (χ2n) is 4.01. The van der Waals surface area contributed by atoms with E-state index in [0.29, 0.717) is 18.5 Å². The normalized spacial score (nSPS) is 10.1. The maximum atomic E-state index is 11.7. The topological polar surface area (TPSA) is 66.4 Å². The number of aryl methyl sites for hydroxylation is 1. The lowest BCUT2D eigenvalue weighted by Crippen LogP contribution is -2.12. The van der Waals surface area contributed by atoms with Crippen LogP contribution >= 0.6 is 11.3 Å². The SMILES string of the molecule is O=C(CCc1cccs1)Nc1cccc(C(=O)O)c1. The summed E-state index contributed by atoms with van der Waals surface area (Å²) in [6, 6.07) is 10.2. The Morgan fingerprint density at radius 3 is 2.74 bits per heavy atom. The monoisotopic (exact) mass is 275 g/mol. The van der Waals surface area contributed by atoms with Gasteiger partial charge in [0.25, 0.3) is 0 Å². The lowest BCUT2D eigenvalue weighted by Gasteiger charge is -2.05. The standard InChI is InChI=1S/C14H13NO3S/c16-13(7-6-12-5-2-8-19-12)15-11-4-1-3-10(9-11)14(17)18/h1-5,8-9H,6-7H2,(H,15,16)(H,17,18). The average molecular weight is 275 g/mol. The van der Waals surface area contributed by atoms with E-state index in [4.69, 9.17) is 5.11 Å². The second-order valence-corrected chi connectivity index (χ2v) is 5.05. The molecule has 0 saturated heterocycles. The molecule has 0 fully saturated rings. The van der Waals surface area contributed by atoms with Gasteiger partial charge in [-0.05, 0) is 36.1 Å². The Kier molecular flexibility index (Phi) is 4.30. The van der Waals surface area contributed by atoms with Crippen LogP contribution in [0, 0.1) is 0 Å². The number of carbonyl (C=O) groups is 2. The first kappa shape index (κ1) is 13.3. The first-order chi connectivity index (χ1) is 9.15. The Labute approximate surface area is 114 Å². The fourth-order valence-corrected chi connectivity index (χ4v) is 2.35. The number of rotatable bonds is 5. The minimum atomic E-state index is -1.00. The van der Waals surface area contributed by atoms with Crippen LogP contribution in [0.3, 0.4) is 0 Å². The molecule has 0 radical (unpaired) electrons. The van der Waals surface area contributed by atoms with Gasteiger partial charge in [0.1, 0.15) is 0 Å². The molecule has 4 nitrogen and oxygen atoms in total. The van der Waals surface area contributed by atoms with Gasteiger partial charge in [0.2, 0.25) is 5.91 Å². The summed E-state index contributed by atoms with van der Waals surface area (Å²) < 4.78 is 0. The van der Waals surface area contributed by atoms with Crippen LogP contribution in [0.4, 0.5) is 5.69 Å². The van der Waals surface area contributed by atoms with Crippen molar-refractivity contribution in [1.29, 1.82) is 0 Å². The molecule has 2 N–H and O–H groups in total. The lowest BCUT2D eigenvalue weighted by molar-refractivity contribution is -0.116. The number of benzene rings is 1. The molecular formula is C14H13NO3S. The molecule has 2 rings (SSSR count). The van der Waals surface area contributed by atoms with Crippen molar-refractivity contribution in [2.45, 2.75) is 12.8 Å². The van der Waals surface area contributed by atoms with E-state index in [1.807, 2.05) is 17.5 Å². The van der Waals surface area contributed by atoms with Crippen LogP contribution in [0.25, 0.3) is 0 Å². The lowest BCUT2D eigenvalue weighted by atomic mass is 10.2. The molecule has 1 aromatic heterocycles. The highest BCUT2D eigenvalue weighted by atomic mass is 32.1. The molecule has 0 aliphatic rings. The number of carboxylic acids is 1. The maximum Gasteiger partial charge on any atom is 0.335 e. The van der Waals surface area contributed by atoms with Crippen LogP contribution in [0.1, 0.15) is 21.7 Å². The minimum absolute atomic E-state index is 0.115. The van der Waals surface area contributed by atoms with Crippen LogP contribution in [-0.2, 0) is 11.2 Å². The van der Waals surface area contributed by atoms with Gasteiger partial charge in [-0.25, -0.2) is 4.79 Å². The number of carboxylic acid groups (broad SMARTS) is 1. The van der Waals surface area contributed by atoms with Crippen molar-refractivity contribution in [2.24, 2.45) is 0 Å². The molecule has 0 saturated carbocycles. The van der Waals surface area contributed by atoms with Gasteiger partial charge in [-0.15, -0.1) is 11.3 Å². The fourth-order valence-electron chi connectivity index (χ4n) is 1.65. The third-order valence-electron chi connectivity index (χ3n) is 2.57. The number of anilines is 1. The Morgan fingerprint density at radius 1 is 1.21 bits per heavy atom. The van der Waals surface area contributed by atoms with E-state index in [2.05, 4.69) is 5.32 Å². The Bertz CT molecular complexity index is 578. The van der Waals surface area contributed by atoms with Crippen molar-refractivity contribution in [3.8, 4) is 0 Å². The van der Waals surface area contributed by atoms with Crippen LogP contribution in [-0.4, -0.2) is 17.0 Å². The molecule has 0 aliphatic heterocycles. The number of hydrogen-bond acceptors (Lipinski definition) is 3. The number of aromatic carboxylic acids is 1. The van der Waals surface area contributed by atoms with Gasteiger partial charge in [-0.2, -0.15) is 0 Å². The van der Waals surface area contributed by atoms with E-state index in [1.165, 1.54) is 12.1 Å². The average Bonchev–Trinajstić information content (AvgIpc) is 2.90. The van der Waals surface area contributed by atoms with Crippen molar-refractivity contribution in [3.05, 3.63) is 52.2 Å². The van der Waals surface area contributed by atoms with E-state index in [0.717, 1.165) is 4.88 Å². The van der Waals surface area contributed by atoms with Crippen LogP contribution in [0.15, 0.2) is 41.8 Å². The predicted molar refractivity (Wildman–Crippen MR) is 74.7 cm³/mol. The number of amides is 1. The Balaban J connectivity index is 1.91. The summed E-state index contributed by atoms with van der Waals surface area (Å²) in [6.07, 6.45) is 1.08. The first-order valence-corrected chi connectivity index (χ1v) is 6.69. The molecule has 0 aliphatic carbocycles. The zero-order valence-corrected chi connectivity index (χ0v) is 10.9. The summed E-state index contributed by atoms with van der Waals surface area (Å²) in [5, 5.41) is 13.5. The van der Waals surface area contributed by atoms with Gasteiger partial charge in [0.05, 0.1) is 5.56 Å². The van der Waals surface area contributed by atoms with Gasteiger partial charge in [0.15, 0.2) is 0 Å². The molecule has 1 aromatic carbocycles. The third-order valence-corrected chi connectivity index (χ3v) is 3.51. The summed E-state index contributed by atoms with van der Waals surface area (Å²) in [5.74, 6) is -1.12. The summed E-state index contributed by atoms with van der Waals surface area (Å²) in [4.78, 5) is 23.7. The van der Waals surface area contributed by atoms with E-state index in [-0.39, 0.29) is 11.5 Å². The number of nitrogens with one attached hydrogen (secondary N) is 1. The molecule has 2 aromatic rings. The van der Waals surface area contributed by atoms with Crippen molar-refractivity contribution < 1.29 is 14.7 Å². The Morgan fingerprint density at radius 2 is 2.05 bits per heavy atom. The number of carbonyl (C=O) groups excluding carboxylic acids is 1. The summed E-state index contributed by atoms with van der Waals surface area (Å²) >= 11 is 1.62. The highest BCUT2D eigenvalue weighted by Gasteiger charge is 2.06. The van der Waals surface area contributed by atoms with Gasteiger partial charge in [-0.3, -0.25) is 4.79 Å². The molecule has 0 unspecified atom stereocenters. The fraction of sp³-hybridized carbons (Fsp3) is 0.143. The molecule has 0 bridgehead atoms. The van der Waals surface area contributed by atoms with Gasteiger partial charge >= 0.3 is 5.97 Å². The van der Waals surface area contributed by atoms with Crippen molar-refractivity contribution >= 4 is 28.9 Å². The second kappa shape index (κ2) is 6.15. The van der Waals surface area contributed by atoms with E-state index >= 15 is 0 Å². The molecule has 19 heavy (non-hydrogen) atoms. The Hall–Kier alpha value is -2.14. The summed E-state index contributed by atoms with van der Waals surface area (Å²) in [6.45, 7) is 0. The molecule has 1 amide bonds. The molecule has 98 valence electrons. The molecular weight excluding hydrogens is 262 g/mol. The van der Waals surface area contributed by atoms with Crippen molar-refractivity contribution in [1.82, 2.24) is 0 Å². The minimum Gasteiger partial charge on any atom is -0.478 e. The smallest absolute Gasteiger partial charge is 0.335 e. The van der Waals surface area contributed by atoms with Crippen molar-refractivity contribution in [3.63, 3.8) is 0 Å². The highest BCUT2D eigenvalue weighted by molar-refractivity contribution is 7.09. The third kappa shape index (κ3) is 3.93. The van der Waals surface area contributed by atoms with Crippen LogP contribution in [0.2, 0.25) is 0 Å². The maximum absolute atomic E-state index is 11.7. The molecule has 0 spiro atoms. The quantitative estimate of drug-likeness (QED) is 0.881. The molecule has 5 heteroatoms. The van der Waals surface area contributed by atoms with Crippen molar-refractivity contribution in [2.75, 3.05) is 5.32 Å². The van der Waals surface area contributed by atoms with E-state index in [1.54, 1.807) is 23.5 Å². The van der Waals surface area contributed by atoms with E-state index in [9.17, 15) is 9.59 Å². The zero-order chi connectivity index (χ0) is 13.7. The van der Waals surface area contributed by atoms with Gasteiger partial charge in [-0.1, -0.05) is 12.1 Å². The summed E-state index contributed by atoms with van der Waals surface area (Å²) in [5.41, 5.74) is 0.673. The van der Waals surface area contributed by atoms with E-state index < -0.39 is 5.97 Å². The van der Waals surface area contributed by atoms with Gasteiger partial charge < -0.3 is 10.4 Å². The predicted octanol–water partition coefficient (Wildman–Crippen LogP) is 3.02. The first-order valence-electron chi connectivity index (χ1n) is 5.81. The zero-order valence-electron chi connectivity index (χ0n) is 10.1. The summed E-state index contributed by atoms with van der Waals surface area (Å²) in [7, 11) is 0. The largest absolute Gasteiger partial charge is 0.478 e. The highest BCUT2D eigenvalue weighted by Crippen LogP contribution is 2.13.